The second-order valence-corrected chi connectivity index (χ2v) is 6.01. The van der Waals surface area contributed by atoms with Crippen molar-refractivity contribution < 1.29 is 8.42 Å². The van der Waals surface area contributed by atoms with Crippen molar-refractivity contribution >= 4 is 16.0 Å². The van der Waals surface area contributed by atoms with Crippen LogP contribution in [0.3, 0.4) is 0 Å². The van der Waals surface area contributed by atoms with Crippen LogP contribution in [-0.2, 0) is 22.3 Å². The molecule has 0 saturated carbocycles. The van der Waals surface area contributed by atoms with E-state index in [4.69, 9.17) is 0 Å². The van der Waals surface area contributed by atoms with Crippen molar-refractivity contribution in [3.05, 3.63) is 53.9 Å². The molecule has 0 amide bonds. The fraction of sp³-hybridized carbons (Fsp3) is 0.231. The summed E-state index contributed by atoms with van der Waals surface area (Å²) in [6, 6.07) is 9.06. The maximum atomic E-state index is 12.0. The Labute approximate surface area is 118 Å². The lowest BCUT2D eigenvalue weighted by atomic mass is 10.1. The van der Waals surface area contributed by atoms with Crippen molar-refractivity contribution in [3.8, 4) is 0 Å². The first kappa shape index (κ1) is 14.4. The van der Waals surface area contributed by atoms with Crippen LogP contribution in [0, 0.1) is 0 Å². The molecule has 2 N–H and O–H groups in total. The predicted octanol–water partition coefficient (Wildman–Crippen LogP) is 1.14. The second-order valence-electron chi connectivity index (χ2n) is 4.28. The lowest BCUT2D eigenvalue weighted by molar-refractivity contribution is 0.600. The van der Waals surface area contributed by atoms with E-state index in [9.17, 15) is 8.42 Å². The Morgan fingerprint density at radius 1 is 1.10 bits per heavy atom. The lowest BCUT2D eigenvalue weighted by Crippen LogP contribution is -2.17. The molecular weight excluding hydrogens is 276 g/mol. The van der Waals surface area contributed by atoms with Gasteiger partial charge in [0.15, 0.2) is 0 Å². The van der Waals surface area contributed by atoms with E-state index in [0.29, 0.717) is 6.54 Å². The summed E-state index contributed by atoms with van der Waals surface area (Å²) in [5, 5.41) is 3.03. The Morgan fingerprint density at radius 3 is 2.50 bits per heavy atom. The van der Waals surface area contributed by atoms with E-state index in [2.05, 4.69) is 20.0 Å². The third kappa shape index (κ3) is 4.29. The average Bonchev–Trinajstić information content (AvgIpc) is 2.39. The number of hydrogen-bond donors (Lipinski definition) is 2. The predicted molar refractivity (Wildman–Crippen MR) is 77.5 cm³/mol. The van der Waals surface area contributed by atoms with E-state index >= 15 is 0 Å². The first-order chi connectivity index (χ1) is 9.59. The van der Waals surface area contributed by atoms with E-state index in [1.165, 1.54) is 12.4 Å². The van der Waals surface area contributed by atoms with Gasteiger partial charge in [0.2, 0.25) is 16.0 Å². The van der Waals surface area contributed by atoms with Crippen molar-refractivity contribution in [2.45, 2.75) is 12.3 Å². The van der Waals surface area contributed by atoms with Crippen LogP contribution in [0.1, 0.15) is 11.1 Å². The second kappa shape index (κ2) is 6.44. The molecule has 1 aromatic heterocycles. The van der Waals surface area contributed by atoms with E-state index in [1.54, 1.807) is 12.1 Å². The van der Waals surface area contributed by atoms with Gasteiger partial charge in [0.25, 0.3) is 0 Å². The summed E-state index contributed by atoms with van der Waals surface area (Å²) < 4.78 is 26.4. The standard InChI is InChI=1S/C13H16N4O2S/c1-14-9-11-4-2-5-12(8-11)10-20(18,19)17-13-15-6-3-7-16-13/h2-8,14H,9-10H2,1H3,(H,15,16,17). The molecule has 0 saturated heterocycles. The van der Waals surface area contributed by atoms with Gasteiger partial charge in [-0.05, 0) is 24.2 Å². The third-order valence-corrected chi connectivity index (χ3v) is 3.75. The van der Waals surface area contributed by atoms with Crippen molar-refractivity contribution in [3.63, 3.8) is 0 Å². The lowest BCUT2D eigenvalue weighted by Gasteiger charge is -2.07. The fourth-order valence-electron chi connectivity index (χ4n) is 1.78. The van der Waals surface area contributed by atoms with Crippen molar-refractivity contribution in [1.29, 1.82) is 0 Å². The van der Waals surface area contributed by atoms with Gasteiger partial charge in [-0.2, -0.15) is 0 Å². The molecular formula is C13H16N4O2S. The summed E-state index contributed by atoms with van der Waals surface area (Å²) >= 11 is 0. The zero-order chi connectivity index (χ0) is 14.4. The summed E-state index contributed by atoms with van der Waals surface area (Å²) in [7, 11) is -1.67. The molecule has 20 heavy (non-hydrogen) atoms. The smallest absolute Gasteiger partial charge is 0.239 e. The molecule has 2 rings (SSSR count). The molecule has 0 atom stereocenters. The minimum Gasteiger partial charge on any atom is -0.316 e. The third-order valence-electron chi connectivity index (χ3n) is 2.54. The first-order valence-electron chi connectivity index (χ1n) is 6.09. The minimum absolute atomic E-state index is 0.0823. The number of aromatic nitrogens is 2. The summed E-state index contributed by atoms with van der Waals surface area (Å²) in [5.74, 6) is -0.0260. The quantitative estimate of drug-likeness (QED) is 0.834. The van der Waals surface area contributed by atoms with E-state index in [0.717, 1.165) is 11.1 Å². The maximum Gasteiger partial charge on any atom is 0.239 e. The molecule has 0 aliphatic carbocycles. The molecule has 106 valence electrons. The Bertz CT molecular complexity index is 659. The molecule has 0 aliphatic heterocycles. The van der Waals surface area contributed by atoms with Gasteiger partial charge in [0, 0.05) is 18.9 Å². The van der Waals surface area contributed by atoms with Crippen LogP contribution in [-0.4, -0.2) is 25.4 Å². The van der Waals surface area contributed by atoms with Crippen LogP contribution in [0.4, 0.5) is 5.95 Å². The highest BCUT2D eigenvalue weighted by molar-refractivity contribution is 7.91. The van der Waals surface area contributed by atoms with Gasteiger partial charge in [-0.1, -0.05) is 24.3 Å². The molecule has 1 heterocycles. The fourth-order valence-corrected chi connectivity index (χ4v) is 2.85. The number of hydrogen-bond acceptors (Lipinski definition) is 5. The van der Waals surface area contributed by atoms with E-state index in [-0.39, 0.29) is 11.7 Å². The Morgan fingerprint density at radius 2 is 1.80 bits per heavy atom. The van der Waals surface area contributed by atoms with E-state index < -0.39 is 10.0 Å². The Kier molecular flexibility index (Phi) is 4.65. The zero-order valence-corrected chi connectivity index (χ0v) is 11.9. The van der Waals surface area contributed by atoms with Crippen molar-refractivity contribution in [2.24, 2.45) is 0 Å². The zero-order valence-electron chi connectivity index (χ0n) is 11.1. The van der Waals surface area contributed by atoms with Gasteiger partial charge < -0.3 is 5.32 Å². The molecule has 0 fully saturated rings. The summed E-state index contributed by atoms with van der Waals surface area (Å²) in [6.45, 7) is 0.698. The normalized spacial score (nSPS) is 11.2. The number of nitrogens with one attached hydrogen (secondary N) is 2. The minimum atomic E-state index is -3.51. The van der Waals surface area contributed by atoms with Gasteiger partial charge in [-0.15, -0.1) is 0 Å². The van der Waals surface area contributed by atoms with Crippen molar-refractivity contribution in [2.75, 3.05) is 11.8 Å². The van der Waals surface area contributed by atoms with Crippen molar-refractivity contribution in [1.82, 2.24) is 15.3 Å². The average molecular weight is 292 g/mol. The highest BCUT2D eigenvalue weighted by Crippen LogP contribution is 2.11. The highest BCUT2D eigenvalue weighted by Gasteiger charge is 2.13. The SMILES string of the molecule is CNCc1cccc(CS(=O)(=O)Nc2ncccn2)c1. The van der Waals surface area contributed by atoms with Gasteiger partial charge in [0.05, 0.1) is 5.75 Å². The van der Waals surface area contributed by atoms with Gasteiger partial charge >= 0.3 is 0 Å². The maximum absolute atomic E-state index is 12.0. The molecule has 2 aromatic rings. The number of rotatable bonds is 6. The molecule has 0 spiro atoms. The molecule has 0 bridgehead atoms. The van der Waals surface area contributed by atoms with Crippen LogP contribution in [0.15, 0.2) is 42.7 Å². The topological polar surface area (TPSA) is 84.0 Å². The number of sulfonamides is 1. The van der Waals surface area contributed by atoms with Crippen LogP contribution in [0.25, 0.3) is 0 Å². The van der Waals surface area contributed by atoms with Crippen LogP contribution < -0.4 is 10.0 Å². The largest absolute Gasteiger partial charge is 0.316 e. The number of nitrogens with zero attached hydrogens (tertiary/aromatic N) is 2. The van der Waals surface area contributed by atoms with Crippen LogP contribution >= 0.6 is 0 Å². The number of anilines is 1. The summed E-state index contributed by atoms with van der Waals surface area (Å²) in [6.07, 6.45) is 2.97. The summed E-state index contributed by atoms with van der Waals surface area (Å²) in [4.78, 5) is 7.68. The molecule has 0 aliphatic rings. The van der Waals surface area contributed by atoms with Gasteiger partial charge in [-0.3, -0.25) is 4.72 Å². The van der Waals surface area contributed by atoms with E-state index in [1.807, 2.05) is 25.2 Å². The molecule has 0 radical (unpaired) electrons. The molecule has 1 aromatic carbocycles. The molecule has 7 heteroatoms. The summed E-state index contributed by atoms with van der Waals surface area (Å²) in [5.41, 5.74) is 1.76. The van der Waals surface area contributed by atoms with Crippen LogP contribution in [0.2, 0.25) is 0 Å². The Hall–Kier alpha value is -1.99. The monoisotopic (exact) mass is 292 g/mol. The highest BCUT2D eigenvalue weighted by atomic mass is 32.2. The van der Waals surface area contributed by atoms with Gasteiger partial charge in [0.1, 0.15) is 0 Å². The molecule has 6 nitrogen and oxygen atoms in total. The molecule has 0 unspecified atom stereocenters. The Balaban J connectivity index is 2.10. The number of benzene rings is 1. The van der Waals surface area contributed by atoms with Gasteiger partial charge in [-0.25, -0.2) is 18.4 Å². The van der Waals surface area contributed by atoms with Crippen LogP contribution in [0.5, 0.6) is 0 Å². The first-order valence-corrected chi connectivity index (χ1v) is 7.74.